The van der Waals surface area contributed by atoms with Gasteiger partial charge in [0.1, 0.15) is 6.61 Å². The van der Waals surface area contributed by atoms with E-state index in [1.807, 2.05) is 19.2 Å². The molecule has 1 aromatic carbocycles. The maximum absolute atomic E-state index is 11.0. The molecule has 104 valence electrons. The second kappa shape index (κ2) is 6.43. The molecule has 0 radical (unpaired) electrons. The summed E-state index contributed by atoms with van der Waals surface area (Å²) in [6.07, 6.45) is 0. The number of carbonyl (C=O) groups excluding carboxylic acids is 1. The number of benzene rings is 1. The van der Waals surface area contributed by atoms with Gasteiger partial charge in [0.2, 0.25) is 0 Å². The molecule has 0 saturated carbocycles. The fourth-order valence-electron chi connectivity index (χ4n) is 2.15. The minimum atomic E-state index is -0.261. The number of nitrogens with one attached hydrogen (secondary N) is 1. The Balaban J connectivity index is 2.21. The van der Waals surface area contributed by atoms with E-state index in [0.717, 1.165) is 43.2 Å². The lowest BCUT2D eigenvalue weighted by Gasteiger charge is -2.30. The number of carbonyl (C=O) groups is 1. The van der Waals surface area contributed by atoms with Crippen LogP contribution in [-0.2, 0) is 20.9 Å². The fourth-order valence-corrected chi connectivity index (χ4v) is 2.15. The summed E-state index contributed by atoms with van der Waals surface area (Å²) in [4.78, 5) is 13.3. The number of rotatable bonds is 4. The highest BCUT2D eigenvalue weighted by molar-refractivity contribution is 5.67. The second-order valence-electron chi connectivity index (χ2n) is 4.47. The Morgan fingerprint density at radius 1 is 1.42 bits per heavy atom. The average molecular weight is 264 g/mol. The number of nitrogens with zero attached hydrogens (tertiary/aromatic N) is 1. The van der Waals surface area contributed by atoms with Crippen molar-refractivity contribution in [2.75, 3.05) is 43.6 Å². The van der Waals surface area contributed by atoms with Crippen LogP contribution in [0.2, 0.25) is 0 Å². The maximum Gasteiger partial charge on any atom is 0.302 e. The fraction of sp³-hybridized carbons (Fsp3) is 0.500. The van der Waals surface area contributed by atoms with E-state index in [2.05, 4.69) is 16.3 Å². The molecule has 0 spiro atoms. The van der Waals surface area contributed by atoms with Crippen molar-refractivity contribution in [3.63, 3.8) is 0 Å². The standard InChI is InChI=1S/C14H20N2O3/c1-11(17)19-10-12-9-13(15-2)3-4-14(12)16-5-7-18-8-6-16/h3-4,9,15H,5-8,10H2,1-2H3. The van der Waals surface area contributed by atoms with Crippen molar-refractivity contribution in [2.24, 2.45) is 0 Å². The van der Waals surface area contributed by atoms with Gasteiger partial charge in [0.25, 0.3) is 0 Å². The highest BCUT2D eigenvalue weighted by Gasteiger charge is 2.15. The topological polar surface area (TPSA) is 50.8 Å². The van der Waals surface area contributed by atoms with Crippen LogP contribution in [0.4, 0.5) is 11.4 Å². The monoisotopic (exact) mass is 264 g/mol. The summed E-state index contributed by atoms with van der Waals surface area (Å²) in [6, 6.07) is 6.12. The Kier molecular flexibility index (Phi) is 4.63. The van der Waals surface area contributed by atoms with Crippen LogP contribution in [0.1, 0.15) is 12.5 Å². The van der Waals surface area contributed by atoms with Crippen molar-refractivity contribution in [2.45, 2.75) is 13.5 Å². The highest BCUT2D eigenvalue weighted by atomic mass is 16.5. The molecule has 0 aromatic heterocycles. The molecule has 0 atom stereocenters. The van der Waals surface area contributed by atoms with Crippen molar-refractivity contribution in [1.29, 1.82) is 0 Å². The number of ether oxygens (including phenoxy) is 2. The summed E-state index contributed by atoms with van der Waals surface area (Å²) < 4.78 is 10.5. The van der Waals surface area contributed by atoms with Gasteiger partial charge in [-0.3, -0.25) is 4.79 Å². The molecule has 0 amide bonds. The van der Waals surface area contributed by atoms with Crippen LogP contribution >= 0.6 is 0 Å². The Morgan fingerprint density at radius 2 is 2.16 bits per heavy atom. The van der Waals surface area contributed by atoms with Crippen LogP contribution in [0.15, 0.2) is 18.2 Å². The Bertz CT molecular complexity index is 442. The zero-order valence-electron chi connectivity index (χ0n) is 11.4. The van der Waals surface area contributed by atoms with Crippen LogP contribution in [0.5, 0.6) is 0 Å². The molecular formula is C14H20N2O3. The van der Waals surface area contributed by atoms with Crippen LogP contribution in [0.25, 0.3) is 0 Å². The van der Waals surface area contributed by atoms with E-state index in [1.165, 1.54) is 6.92 Å². The van der Waals surface area contributed by atoms with E-state index in [9.17, 15) is 4.79 Å². The number of esters is 1. The van der Waals surface area contributed by atoms with Crippen molar-refractivity contribution in [1.82, 2.24) is 0 Å². The molecule has 1 saturated heterocycles. The van der Waals surface area contributed by atoms with Gasteiger partial charge in [-0.05, 0) is 18.2 Å². The van der Waals surface area contributed by atoms with Crippen molar-refractivity contribution >= 4 is 17.3 Å². The first-order valence-electron chi connectivity index (χ1n) is 6.47. The third kappa shape index (κ3) is 3.61. The van der Waals surface area contributed by atoms with Crippen LogP contribution in [0.3, 0.4) is 0 Å². The molecule has 0 unspecified atom stereocenters. The van der Waals surface area contributed by atoms with E-state index < -0.39 is 0 Å². The third-order valence-corrected chi connectivity index (χ3v) is 3.15. The highest BCUT2D eigenvalue weighted by Crippen LogP contribution is 2.26. The van der Waals surface area contributed by atoms with E-state index >= 15 is 0 Å². The molecule has 19 heavy (non-hydrogen) atoms. The smallest absolute Gasteiger partial charge is 0.302 e. The molecule has 1 N–H and O–H groups in total. The van der Waals surface area contributed by atoms with Gasteiger partial charge >= 0.3 is 5.97 Å². The molecule has 0 bridgehead atoms. The number of hydrogen-bond acceptors (Lipinski definition) is 5. The maximum atomic E-state index is 11.0. The van der Waals surface area contributed by atoms with Gasteiger partial charge in [-0.25, -0.2) is 0 Å². The molecular weight excluding hydrogens is 244 g/mol. The number of morpholine rings is 1. The lowest BCUT2D eigenvalue weighted by atomic mass is 10.1. The normalized spacial score (nSPS) is 15.2. The minimum Gasteiger partial charge on any atom is -0.461 e. The quantitative estimate of drug-likeness (QED) is 0.838. The Morgan fingerprint density at radius 3 is 2.79 bits per heavy atom. The number of hydrogen-bond donors (Lipinski definition) is 1. The van der Waals surface area contributed by atoms with Crippen molar-refractivity contribution in [3.05, 3.63) is 23.8 Å². The Labute approximate surface area is 113 Å². The molecule has 0 aliphatic carbocycles. The predicted octanol–water partition coefficient (Wildman–Crippen LogP) is 1.63. The summed E-state index contributed by atoms with van der Waals surface area (Å²) >= 11 is 0. The summed E-state index contributed by atoms with van der Waals surface area (Å²) in [5.74, 6) is -0.261. The molecule has 1 aromatic rings. The third-order valence-electron chi connectivity index (χ3n) is 3.15. The van der Waals surface area contributed by atoms with Crippen LogP contribution < -0.4 is 10.2 Å². The molecule has 5 nitrogen and oxygen atoms in total. The predicted molar refractivity (Wildman–Crippen MR) is 74.5 cm³/mol. The molecule has 1 aliphatic rings. The summed E-state index contributed by atoms with van der Waals surface area (Å²) in [5, 5.41) is 3.10. The zero-order chi connectivity index (χ0) is 13.7. The van der Waals surface area contributed by atoms with Crippen molar-refractivity contribution < 1.29 is 14.3 Å². The minimum absolute atomic E-state index is 0.261. The zero-order valence-corrected chi connectivity index (χ0v) is 11.4. The van der Waals surface area contributed by atoms with Gasteiger partial charge in [-0.15, -0.1) is 0 Å². The molecule has 1 aliphatic heterocycles. The molecule has 5 heteroatoms. The van der Waals surface area contributed by atoms with E-state index in [-0.39, 0.29) is 5.97 Å². The first-order chi connectivity index (χ1) is 9.20. The summed E-state index contributed by atoms with van der Waals surface area (Å²) in [5.41, 5.74) is 3.15. The van der Waals surface area contributed by atoms with Crippen LogP contribution in [-0.4, -0.2) is 39.3 Å². The van der Waals surface area contributed by atoms with Gasteiger partial charge in [0.15, 0.2) is 0 Å². The largest absolute Gasteiger partial charge is 0.461 e. The van der Waals surface area contributed by atoms with Gasteiger partial charge in [0.05, 0.1) is 13.2 Å². The summed E-state index contributed by atoms with van der Waals surface area (Å²) in [7, 11) is 1.87. The average Bonchev–Trinajstić information content (AvgIpc) is 2.45. The first kappa shape index (κ1) is 13.7. The van der Waals surface area contributed by atoms with Gasteiger partial charge in [-0.1, -0.05) is 0 Å². The second-order valence-corrected chi connectivity index (χ2v) is 4.47. The molecule has 1 heterocycles. The van der Waals surface area contributed by atoms with Gasteiger partial charge < -0.3 is 19.7 Å². The molecule has 2 rings (SSSR count). The van der Waals surface area contributed by atoms with Gasteiger partial charge in [0, 0.05) is 44.0 Å². The van der Waals surface area contributed by atoms with E-state index in [0.29, 0.717) is 6.61 Å². The SMILES string of the molecule is CNc1ccc(N2CCOCC2)c(COC(C)=O)c1. The lowest BCUT2D eigenvalue weighted by molar-refractivity contribution is -0.142. The van der Waals surface area contributed by atoms with E-state index in [1.54, 1.807) is 0 Å². The van der Waals surface area contributed by atoms with Crippen LogP contribution in [0, 0.1) is 0 Å². The molecule has 1 fully saturated rings. The first-order valence-corrected chi connectivity index (χ1v) is 6.47. The van der Waals surface area contributed by atoms with Gasteiger partial charge in [-0.2, -0.15) is 0 Å². The Hall–Kier alpha value is -1.75. The number of anilines is 2. The van der Waals surface area contributed by atoms with E-state index in [4.69, 9.17) is 9.47 Å². The van der Waals surface area contributed by atoms with Crippen molar-refractivity contribution in [3.8, 4) is 0 Å². The summed E-state index contributed by atoms with van der Waals surface area (Å²) in [6.45, 7) is 4.94. The lowest BCUT2D eigenvalue weighted by Crippen LogP contribution is -2.36.